The third kappa shape index (κ3) is 5.73. The molecule has 0 aliphatic heterocycles. The van der Waals surface area contributed by atoms with Crippen LogP contribution in [0.2, 0.25) is 0 Å². The molecule has 1 aliphatic rings. The van der Waals surface area contributed by atoms with Crippen molar-refractivity contribution in [2.45, 2.75) is 44.7 Å². The van der Waals surface area contributed by atoms with Gasteiger partial charge >= 0.3 is 5.97 Å². The predicted octanol–water partition coefficient (Wildman–Crippen LogP) is 1.10. The van der Waals surface area contributed by atoms with Crippen molar-refractivity contribution in [3.05, 3.63) is 35.9 Å². The third-order valence-electron chi connectivity index (χ3n) is 3.86. The number of carboxylic acids is 1. The Morgan fingerprint density at radius 3 is 2.30 bits per heavy atom. The molecule has 0 unspecified atom stereocenters. The first kappa shape index (κ1) is 17.0. The second kappa shape index (κ2) is 7.76. The maximum Gasteiger partial charge on any atom is 0.326 e. The number of carboxylic acid groups (broad SMARTS) is 1. The minimum Gasteiger partial charge on any atom is -0.480 e. The minimum atomic E-state index is -1.04. The Morgan fingerprint density at radius 2 is 1.78 bits per heavy atom. The summed E-state index contributed by atoms with van der Waals surface area (Å²) in [7, 11) is 0. The van der Waals surface area contributed by atoms with E-state index in [1.165, 1.54) is 6.92 Å². The molecular weight excluding hydrogens is 296 g/mol. The van der Waals surface area contributed by atoms with Gasteiger partial charge in [0.2, 0.25) is 11.8 Å². The SMILES string of the molecule is CC(=O)N[C@@H](Cc1ccccc1)C(=O)N[C@H](CC1CC1)C(=O)O. The molecule has 1 aromatic carbocycles. The Labute approximate surface area is 135 Å². The highest BCUT2D eigenvalue weighted by Crippen LogP contribution is 2.33. The first-order valence-corrected chi connectivity index (χ1v) is 7.80. The van der Waals surface area contributed by atoms with Gasteiger partial charge in [0.05, 0.1) is 0 Å². The number of nitrogens with one attached hydrogen (secondary N) is 2. The first-order valence-electron chi connectivity index (χ1n) is 7.80. The number of carbonyl (C=O) groups is 3. The van der Waals surface area contributed by atoms with Crippen LogP contribution in [-0.2, 0) is 20.8 Å². The molecular formula is C17H22N2O4. The Kier molecular flexibility index (Phi) is 5.73. The van der Waals surface area contributed by atoms with E-state index in [1.54, 1.807) is 0 Å². The van der Waals surface area contributed by atoms with Crippen LogP contribution in [0, 0.1) is 5.92 Å². The summed E-state index contributed by atoms with van der Waals surface area (Å²) in [6, 6.07) is 7.61. The van der Waals surface area contributed by atoms with E-state index in [2.05, 4.69) is 10.6 Å². The van der Waals surface area contributed by atoms with Gasteiger partial charge in [-0.25, -0.2) is 4.79 Å². The summed E-state index contributed by atoms with van der Waals surface area (Å²) in [6.45, 7) is 1.34. The molecule has 1 saturated carbocycles. The first-order chi connectivity index (χ1) is 11.0. The summed E-state index contributed by atoms with van der Waals surface area (Å²) in [4.78, 5) is 35.1. The van der Waals surface area contributed by atoms with Gasteiger partial charge < -0.3 is 15.7 Å². The Balaban J connectivity index is 2.02. The molecule has 2 atom stereocenters. The molecule has 23 heavy (non-hydrogen) atoms. The van der Waals surface area contributed by atoms with E-state index < -0.39 is 24.0 Å². The van der Waals surface area contributed by atoms with Gasteiger partial charge in [-0.2, -0.15) is 0 Å². The van der Waals surface area contributed by atoms with Crippen LogP contribution >= 0.6 is 0 Å². The number of hydrogen-bond acceptors (Lipinski definition) is 3. The highest BCUT2D eigenvalue weighted by atomic mass is 16.4. The Hall–Kier alpha value is -2.37. The monoisotopic (exact) mass is 318 g/mol. The molecule has 2 amide bonds. The fourth-order valence-corrected chi connectivity index (χ4v) is 2.49. The van der Waals surface area contributed by atoms with Crippen molar-refractivity contribution in [2.75, 3.05) is 0 Å². The number of benzene rings is 1. The number of carbonyl (C=O) groups excluding carboxylic acids is 2. The molecule has 0 aromatic heterocycles. The summed E-state index contributed by atoms with van der Waals surface area (Å²) < 4.78 is 0. The molecule has 1 fully saturated rings. The van der Waals surface area contributed by atoms with E-state index in [4.69, 9.17) is 0 Å². The van der Waals surface area contributed by atoms with Crippen LogP contribution in [0.3, 0.4) is 0 Å². The van der Waals surface area contributed by atoms with Crippen LogP contribution < -0.4 is 10.6 Å². The lowest BCUT2D eigenvalue weighted by Gasteiger charge is -2.21. The largest absolute Gasteiger partial charge is 0.480 e. The van der Waals surface area contributed by atoms with Crippen molar-refractivity contribution in [1.82, 2.24) is 10.6 Å². The van der Waals surface area contributed by atoms with Crippen LogP contribution in [0.5, 0.6) is 0 Å². The maximum atomic E-state index is 12.4. The van der Waals surface area contributed by atoms with Crippen molar-refractivity contribution in [3.63, 3.8) is 0 Å². The zero-order valence-electron chi connectivity index (χ0n) is 13.1. The van der Waals surface area contributed by atoms with E-state index in [1.807, 2.05) is 30.3 Å². The number of aliphatic carboxylic acids is 1. The molecule has 3 N–H and O–H groups in total. The van der Waals surface area contributed by atoms with E-state index in [0.29, 0.717) is 18.8 Å². The molecule has 0 spiro atoms. The average molecular weight is 318 g/mol. The summed E-state index contributed by atoms with van der Waals surface area (Å²) in [5.41, 5.74) is 0.899. The molecule has 6 nitrogen and oxygen atoms in total. The van der Waals surface area contributed by atoms with Gasteiger partial charge in [0.15, 0.2) is 0 Å². The normalized spacial score (nSPS) is 16.2. The molecule has 0 heterocycles. The van der Waals surface area contributed by atoms with Crippen LogP contribution in [0.4, 0.5) is 0 Å². The lowest BCUT2D eigenvalue weighted by molar-refractivity contribution is -0.142. The summed E-state index contributed by atoms with van der Waals surface area (Å²) in [6.07, 6.45) is 2.79. The maximum absolute atomic E-state index is 12.4. The lowest BCUT2D eigenvalue weighted by Crippen LogP contribution is -2.52. The zero-order valence-corrected chi connectivity index (χ0v) is 13.1. The number of amides is 2. The highest BCUT2D eigenvalue weighted by Gasteiger charge is 2.32. The van der Waals surface area contributed by atoms with Gasteiger partial charge in [0.1, 0.15) is 12.1 Å². The Morgan fingerprint density at radius 1 is 1.13 bits per heavy atom. The van der Waals surface area contributed by atoms with Crippen LogP contribution in [0.25, 0.3) is 0 Å². The van der Waals surface area contributed by atoms with Gasteiger partial charge in [0, 0.05) is 13.3 Å². The van der Waals surface area contributed by atoms with E-state index in [9.17, 15) is 19.5 Å². The zero-order chi connectivity index (χ0) is 16.8. The van der Waals surface area contributed by atoms with E-state index >= 15 is 0 Å². The van der Waals surface area contributed by atoms with Crippen molar-refractivity contribution < 1.29 is 19.5 Å². The fraction of sp³-hybridized carbons (Fsp3) is 0.471. The smallest absolute Gasteiger partial charge is 0.326 e. The quantitative estimate of drug-likeness (QED) is 0.669. The fourth-order valence-electron chi connectivity index (χ4n) is 2.49. The van der Waals surface area contributed by atoms with Gasteiger partial charge in [-0.3, -0.25) is 9.59 Å². The van der Waals surface area contributed by atoms with Gasteiger partial charge in [0.25, 0.3) is 0 Å². The van der Waals surface area contributed by atoms with Crippen LogP contribution in [0.1, 0.15) is 31.7 Å². The van der Waals surface area contributed by atoms with Crippen molar-refractivity contribution in [1.29, 1.82) is 0 Å². The molecule has 2 rings (SSSR count). The number of hydrogen-bond donors (Lipinski definition) is 3. The predicted molar refractivity (Wildman–Crippen MR) is 84.7 cm³/mol. The van der Waals surface area contributed by atoms with Crippen LogP contribution in [0.15, 0.2) is 30.3 Å². The van der Waals surface area contributed by atoms with Gasteiger partial charge in [-0.05, 0) is 17.9 Å². The Bertz CT molecular complexity index is 569. The van der Waals surface area contributed by atoms with Gasteiger partial charge in [-0.15, -0.1) is 0 Å². The summed E-state index contributed by atoms with van der Waals surface area (Å²) in [5, 5.41) is 14.4. The minimum absolute atomic E-state index is 0.321. The lowest BCUT2D eigenvalue weighted by atomic mass is 10.0. The molecule has 0 radical (unpaired) electrons. The highest BCUT2D eigenvalue weighted by molar-refractivity contribution is 5.90. The van der Waals surface area contributed by atoms with Crippen LogP contribution in [-0.4, -0.2) is 35.0 Å². The molecule has 0 bridgehead atoms. The number of rotatable bonds is 8. The van der Waals surface area contributed by atoms with E-state index in [0.717, 1.165) is 18.4 Å². The molecule has 1 aliphatic carbocycles. The second-order valence-corrected chi connectivity index (χ2v) is 6.02. The third-order valence-corrected chi connectivity index (χ3v) is 3.86. The standard InChI is InChI=1S/C17H22N2O4/c1-11(20)18-14(9-12-5-3-2-4-6-12)16(21)19-15(17(22)23)10-13-7-8-13/h2-6,13-15H,7-10H2,1H3,(H,18,20)(H,19,21)(H,22,23)/t14-,15+/m0/s1. The molecule has 6 heteroatoms. The average Bonchev–Trinajstić information content (AvgIpc) is 3.30. The van der Waals surface area contributed by atoms with E-state index in [-0.39, 0.29) is 5.91 Å². The van der Waals surface area contributed by atoms with Gasteiger partial charge in [-0.1, -0.05) is 43.2 Å². The molecule has 1 aromatic rings. The molecule has 124 valence electrons. The summed E-state index contributed by atoms with van der Waals surface area (Å²) in [5.74, 6) is -1.44. The van der Waals surface area contributed by atoms with Crippen molar-refractivity contribution in [3.8, 4) is 0 Å². The molecule has 0 saturated heterocycles. The second-order valence-electron chi connectivity index (χ2n) is 6.02. The summed E-state index contributed by atoms with van der Waals surface area (Å²) >= 11 is 0. The van der Waals surface area contributed by atoms with Crippen molar-refractivity contribution in [2.24, 2.45) is 5.92 Å². The van der Waals surface area contributed by atoms with Crippen molar-refractivity contribution >= 4 is 17.8 Å². The topological polar surface area (TPSA) is 95.5 Å².